The van der Waals surface area contributed by atoms with E-state index in [4.69, 9.17) is 5.11 Å². The molecule has 0 aromatic heterocycles. The molecule has 0 atom stereocenters. The van der Waals surface area contributed by atoms with E-state index in [0.717, 1.165) is 23.8 Å². The van der Waals surface area contributed by atoms with Crippen molar-refractivity contribution in [3.63, 3.8) is 0 Å². The maximum absolute atomic E-state index is 14.4. The van der Waals surface area contributed by atoms with Gasteiger partial charge in [-0.3, -0.25) is 4.79 Å². The summed E-state index contributed by atoms with van der Waals surface area (Å²) in [6.07, 6.45) is -4.30. The van der Waals surface area contributed by atoms with E-state index in [1.807, 2.05) is 0 Å². The zero-order valence-electron chi connectivity index (χ0n) is 15.7. The van der Waals surface area contributed by atoms with Gasteiger partial charge in [-0.05, 0) is 30.2 Å². The number of hydrogen-bond acceptors (Lipinski definition) is 2. The topological polar surface area (TPSA) is 63.4 Å². The number of benzene rings is 2. The van der Waals surface area contributed by atoms with Gasteiger partial charge in [-0.25, -0.2) is 4.39 Å². The number of rotatable bonds is 5. The van der Waals surface area contributed by atoms with Crippen LogP contribution in [0.1, 0.15) is 22.3 Å². The van der Waals surface area contributed by atoms with Gasteiger partial charge in [-0.2, -0.15) is 27.3 Å². The summed E-state index contributed by atoms with van der Waals surface area (Å²) >= 11 is 0. The summed E-state index contributed by atoms with van der Waals surface area (Å²) < 4.78 is 53.8. The minimum absolute atomic E-state index is 0.228. The van der Waals surface area contributed by atoms with Crippen molar-refractivity contribution >= 4 is 23.4 Å². The van der Waals surface area contributed by atoms with Gasteiger partial charge in [0.1, 0.15) is 5.56 Å². The smallest absolute Gasteiger partial charge is 0.419 e. The van der Waals surface area contributed by atoms with Crippen LogP contribution < -0.4 is 5.32 Å². The first kappa shape index (κ1) is 23.2. The maximum atomic E-state index is 14.4. The Morgan fingerprint density at radius 3 is 2.29 bits per heavy atom. The second kappa shape index (κ2) is 9.89. The molecule has 28 heavy (non-hydrogen) atoms. The number of anilines is 2. The quantitative estimate of drug-likeness (QED) is 0.628. The van der Waals surface area contributed by atoms with Crippen LogP contribution in [0.3, 0.4) is 0 Å². The summed E-state index contributed by atoms with van der Waals surface area (Å²) in [4.78, 5) is 11.0. The van der Waals surface area contributed by atoms with E-state index < -0.39 is 29.2 Å². The zero-order chi connectivity index (χ0) is 21.5. The predicted molar refractivity (Wildman–Crippen MR) is 103 cm³/mol. The zero-order valence-corrected chi connectivity index (χ0v) is 15.7. The van der Waals surface area contributed by atoms with E-state index >= 15 is 0 Å². The number of carbonyl (C=O) groups is 1. The number of halogens is 4. The lowest BCUT2D eigenvalue weighted by Gasteiger charge is -2.17. The lowest BCUT2D eigenvalue weighted by atomic mass is 10.0. The van der Waals surface area contributed by atoms with Gasteiger partial charge in [0, 0.05) is 5.69 Å². The molecule has 0 aliphatic carbocycles. The molecule has 0 radical (unpaired) electrons. The molecule has 0 saturated heterocycles. The van der Waals surface area contributed by atoms with E-state index in [1.54, 1.807) is 33.2 Å². The second-order valence-corrected chi connectivity index (χ2v) is 5.90. The van der Waals surface area contributed by atoms with Crippen LogP contribution in [0.4, 0.5) is 28.9 Å². The molecular formula is C20H21F4N2O2-. The average molecular weight is 397 g/mol. The van der Waals surface area contributed by atoms with Gasteiger partial charge in [-0.1, -0.05) is 36.4 Å². The van der Waals surface area contributed by atoms with Crippen LogP contribution >= 0.6 is 0 Å². The first-order valence-corrected chi connectivity index (χ1v) is 8.13. The fourth-order valence-corrected chi connectivity index (χ4v) is 2.44. The van der Waals surface area contributed by atoms with E-state index in [2.05, 4.69) is 17.2 Å². The van der Waals surface area contributed by atoms with Gasteiger partial charge in [0.15, 0.2) is 5.82 Å². The first-order valence-electron chi connectivity index (χ1n) is 8.13. The predicted octanol–water partition coefficient (Wildman–Crippen LogP) is 5.79. The molecule has 0 fully saturated rings. The largest absolute Gasteiger partial charge is 0.668 e. The molecule has 2 rings (SSSR count). The number of nitrogens with zero attached hydrogens (tertiary/aromatic N) is 1. The van der Waals surface area contributed by atoms with Crippen molar-refractivity contribution in [2.45, 2.75) is 19.5 Å². The monoisotopic (exact) mass is 397 g/mol. The number of aliphatic carboxylic acids is 1. The van der Waals surface area contributed by atoms with Crippen molar-refractivity contribution in [1.29, 1.82) is 0 Å². The van der Waals surface area contributed by atoms with Crippen molar-refractivity contribution in [2.24, 2.45) is 0 Å². The Labute approximate surface area is 160 Å². The van der Waals surface area contributed by atoms with Crippen LogP contribution in [0.5, 0.6) is 0 Å². The second-order valence-electron chi connectivity index (χ2n) is 5.90. The van der Waals surface area contributed by atoms with Crippen LogP contribution in [-0.2, 0) is 17.4 Å². The van der Waals surface area contributed by atoms with Gasteiger partial charge in [-0.15, -0.1) is 0 Å². The molecule has 0 unspecified atom stereocenters. The van der Waals surface area contributed by atoms with Crippen molar-refractivity contribution in [3.05, 3.63) is 70.3 Å². The standard InChI is InChI=1S/C18H15F4NO2.C2H6N/c1-3-11-5-7-14(17(19)16(11)18(20,21)22)23-13-6-4-10(2)8-12(13)9-15(24)25;1-3-2/h3-8,23H,1,9H2,2H3,(H,24,25);1-2H3/q;-1. The average Bonchev–Trinajstić information content (AvgIpc) is 2.57. The van der Waals surface area contributed by atoms with Crippen LogP contribution in [-0.4, -0.2) is 25.2 Å². The van der Waals surface area contributed by atoms with Gasteiger partial charge in [0.2, 0.25) is 0 Å². The van der Waals surface area contributed by atoms with Gasteiger partial charge in [0.05, 0.1) is 12.1 Å². The number of aryl methyl sites for hydroxylation is 1. The number of nitrogens with one attached hydrogen (secondary N) is 1. The summed E-state index contributed by atoms with van der Waals surface area (Å²) in [5, 5.41) is 15.0. The number of hydrogen-bond donors (Lipinski definition) is 2. The fourth-order valence-electron chi connectivity index (χ4n) is 2.44. The van der Waals surface area contributed by atoms with Crippen LogP contribution in [0.2, 0.25) is 0 Å². The molecule has 0 aliphatic rings. The number of carboxylic acids is 1. The summed E-state index contributed by atoms with van der Waals surface area (Å²) in [7, 11) is 3.50. The Kier molecular flexibility index (Phi) is 8.18. The molecule has 0 spiro atoms. The molecule has 2 aromatic rings. The molecule has 152 valence electrons. The minimum Gasteiger partial charge on any atom is -0.668 e. The van der Waals surface area contributed by atoms with Crippen molar-refractivity contribution in [1.82, 2.24) is 0 Å². The van der Waals surface area contributed by atoms with E-state index in [1.165, 1.54) is 6.07 Å². The van der Waals surface area contributed by atoms with Crippen molar-refractivity contribution in [2.75, 3.05) is 19.4 Å². The van der Waals surface area contributed by atoms with Crippen LogP contribution in [0, 0.1) is 12.7 Å². The molecule has 0 bridgehead atoms. The molecule has 0 heterocycles. The third-order valence-electron chi connectivity index (χ3n) is 3.55. The minimum atomic E-state index is -4.89. The summed E-state index contributed by atoms with van der Waals surface area (Å²) in [5.41, 5.74) is -0.835. The summed E-state index contributed by atoms with van der Waals surface area (Å²) in [6, 6.07) is 6.99. The molecule has 2 N–H and O–H groups in total. The Hall–Kier alpha value is -2.87. The van der Waals surface area contributed by atoms with Gasteiger partial charge in [0.25, 0.3) is 0 Å². The Morgan fingerprint density at radius 2 is 1.79 bits per heavy atom. The molecule has 0 amide bonds. The summed E-state index contributed by atoms with van der Waals surface area (Å²) in [5.74, 6) is -2.57. The normalized spacial score (nSPS) is 10.7. The highest BCUT2D eigenvalue weighted by molar-refractivity contribution is 5.76. The van der Waals surface area contributed by atoms with Crippen LogP contribution in [0.15, 0.2) is 36.9 Å². The highest BCUT2D eigenvalue weighted by Crippen LogP contribution is 2.38. The molecule has 4 nitrogen and oxygen atoms in total. The third kappa shape index (κ3) is 6.09. The van der Waals surface area contributed by atoms with Crippen molar-refractivity contribution in [3.8, 4) is 0 Å². The van der Waals surface area contributed by atoms with E-state index in [0.29, 0.717) is 5.56 Å². The third-order valence-corrected chi connectivity index (χ3v) is 3.55. The van der Waals surface area contributed by atoms with E-state index in [9.17, 15) is 22.4 Å². The highest BCUT2D eigenvalue weighted by atomic mass is 19.4. The SMILES string of the molecule is C=Cc1ccc(Nc2ccc(C)cc2CC(=O)O)c(F)c1C(F)(F)F.C[N-]C. The molecule has 0 saturated carbocycles. The molecule has 2 aromatic carbocycles. The molecule has 8 heteroatoms. The number of alkyl halides is 3. The van der Waals surface area contributed by atoms with E-state index in [-0.39, 0.29) is 17.7 Å². The Morgan fingerprint density at radius 1 is 1.21 bits per heavy atom. The van der Waals surface area contributed by atoms with Crippen LogP contribution in [0.25, 0.3) is 11.4 Å². The Balaban J connectivity index is 0.00000122. The first-order chi connectivity index (χ1) is 13.0. The number of carboxylic acid groups (broad SMARTS) is 1. The lowest BCUT2D eigenvalue weighted by Crippen LogP contribution is -2.13. The maximum Gasteiger partial charge on any atom is 0.419 e. The highest BCUT2D eigenvalue weighted by Gasteiger charge is 2.37. The van der Waals surface area contributed by atoms with Crippen molar-refractivity contribution < 1.29 is 27.5 Å². The van der Waals surface area contributed by atoms with Gasteiger partial charge < -0.3 is 15.7 Å². The molecular weight excluding hydrogens is 376 g/mol. The summed E-state index contributed by atoms with van der Waals surface area (Å²) in [6.45, 7) is 5.01. The van der Waals surface area contributed by atoms with Gasteiger partial charge >= 0.3 is 12.1 Å². The fraction of sp³-hybridized carbons (Fsp3) is 0.250. The lowest BCUT2D eigenvalue weighted by molar-refractivity contribution is -0.140. The molecule has 0 aliphatic heterocycles. The Bertz CT molecular complexity index is 849.